The van der Waals surface area contributed by atoms with Gasteiger partial charge in [0.2, 0.25) is 0 Å². The molecule has 1 rings (SSSR count). The minimum Gasteiger partial charge on any atom is -0.468 e. The van der Waals surface area contributed by atoms with Gasteiger partial charge in [0.05, 0.1) is 7.11 Å². The molecule has 0 radical (unpaired) electrons. The second kappa shape index (κ2) is 5.16. The Labute approximate surface area is 100 Å². The lowest BCUT2D eigenvalue weighted by molar-refractivity contribution is -0.145. The summed E-state index contributed by atoms with van der Waals surface area (Å²) in [4.78, 5) is 35.6. The van der Waals surface area contributed by atoms with Crippen LogP contribution in [0.3, 0.4) is 0 Å². The Hall–Kier alpha value is -1.59. The maximum Gasteiger partial charge on any atom is 0.325 e. The molecule has 1 unspecified atom stereocenters. The number of unbranched alkanes of at least 4 members (excludes halogenated alkanes) is 1. The van der Waals surface area contributed by atoms with Crippen molar-refractivity contribution >= 4 is 17.9 Å². The van der Waals surface area contributed by atoms with Crippen molar-refractivity contribution in [3.63, 3.8) is 0 Å². The van der Waals surface area contributed by atoms with E-state index in [0.717, 1.165) is 17.7 Å². The second-order valence-corrected chi connectivity index (χ2v) is 4.33. The molecule has 0 saturated carbocycles. The van der Waals surface area contributed by atoms with E-state index in [2.05, 4.69) is 10.1 Å². The van der Waals surface area contributed by atoms with E-state index in [1.54, 1.807) is 6.92 Å². The van der Waals surface area contributed by atoms with Gasteiger partial charge in [-0.05, 0) is 13.3 Å². The third-order valence-electron chi connectivity index (χ3n) is 2.89. The quantitative estimate of drug-likeness (QED) is 0.567. The van der Waals surface area contributed by atoms with Crippen LogP contribution in [0.15, 0.2) is 0 Å². The molecule has 0 aromatic heterocycles. The summed E-state index contributed by atoms with van der Waals surface area (Å²) >= 11 is 0. The van der Waals surface area contributed by atoms with Crippen LogP contribution in [0.25, 0.3) is 0 Å². The SMILES string of the molecule is CCCCC1(C)NC(=O)N(CC(=O)OC)C1=O. The van der Waals surface area contributed by atoms with Crippen LogP contribution >= 0.6 is 0 Å². The number of methoxy groups -OCH3 is 1. The van der Waals surface area contributed by atoms with E-state index in [-0.39, 0.29) is 12.5 Å². The minimum absolute atomic E-state index is 0.330. The topological polar surface area (TPSA) is 75.7 Å². The van der Waals surface area contributed by atoms with E-state index in [9.17, 15) is 14.4 Å². The number of nitrogens with one attached hydrogen (secondary N) is 1. The van der Waals surface area contributed by atoms with Gasteiger partial charge in [-0.15, -0.1) is 0 Å². The number of nitrogens with zero attached hydrogens (tertiary/aromatic N) is 1. The van der Waals surface area contributed by atoms with Crippen LogP contribution in [0.4, 0.5) is 4.79 Å². The van der Waals surface area contributed by atoms with E-state index < -0.39 is 17.5 Å². The Morgan fingerprint density at radius 2 is 2.12 bits per heavy atom. The van der Waals surface area contributed by atoms with Crippen LogP contribution < -0.4 is 5.32 Å². The van der Waals surface area contributed by atoms with Gasteiger partial charge < -0.3 is 10.1 Å². The van der Waals surface area contributed by atoms with Crippen molar-refractivity contribution in [1.82, 2.24) is 10.2 Å². The highest BCUT2D eigenvalue weighted by Crippen LogP contribution is 2.23. The molecule has 0 aromatic carbocycles. The lowest BCUT2D eigenvalue weighted by Crippen LogP contribution is -2.44. The van der Waals surface area contributed by atoms with Gasteiger partial charge in [0.15, 0.2) is 0 Å². The highest BCUT2D eigenvalue weighted by atomic mass is 16.5. The fourth-order valence-electron chi connectivity index (χ4n) is 1.78. The molecular weight excluding hydrogens is 224 g/mol. The first-order chi connectivity index (χ1) is 7.94. The molecule has 96 valence electrons. The predicted octanol–water partition coefficient (Wildman–Crippen LogP) is 0.660. The van der Waals surface area contributed by atoms with Crippen molar-refractivity contribution in [1.29, 1.82) is 0 Å². The number of urea groups is 1. The van der Waals surface area contributed by atoms with Gasteiger partial charge in [0.1, 0.15) is 12.1 Å². The molecule has 0 bridgehead atoms. The first kappa shape index (κ1) is 13.5. The number of ether oxygens (including phenoxy) is 1. The molecule has 6 nitrogen and oxygen atoms in total. The summed E-state index contributed by atoms with van der Waals surface area (Å²) in [6, 6.07) is -0.529. The number of carbonyl (C=O) groups excluding carboxylic acids is 3. The van der Waals surface area contributed by atoms with Crippen LogP contribution in [-0.4, -0.2) is 42.0 Å². The third kappa shape index (κ3) is 2.75. The summed E-state index contributed by atoms with van der Waals surface area (Å²) in [5, 5.41) is 2.62. The summed E-state index contributed by atoms with van der Waals surface area (Å²) in [5.74, 6) is -0.963. The second-order valence-electron chi connectivity index (χ2n) is 4.33. The monoisotopic (exact) mass is 242 g/mol. The number of amides is 3. The van der Waals surface area contributed by atoms with Gasteiger partial charge in [-0.25, -0.2) is 4.79 Å². The number of imide groups is 1. The Morgan fingerprint density at radius 3 is 2.65 bits per heavy atom. The molecule has 17 heavy (non-hydrogen) atoms. The molecule has 1 fully saturated rings. The first-order valence-corrected chi connectivity index (χ1v) is 5.65. The minimum atomic E-state index is -0.888. The molecule has 3 amide bonds. The van der Waals surface area contributed by atoms with Crippen LogP contribution in [-0.2, 0) is 14.3 Å². The zero-order valence-corrected chi connectivity index (χ0v) is 10.4. The molecule has 0 spiro atoms. The number of hydrogen-bond acceptors (Lipinski definition) is 4. The smallest absolute Gasteiger partial charge is 0.325 e. The van der Waals surface area contributed by atoms with Gasteiger partial charge in [-0.3, -0.25) is 14.5 Å². The van der Waals surface area contributed by atoms with Crippen molar-refractivity contribution in [2.45, 2.75) is 38.6 Å². The van der Waals surface area contributed by atoms with E-state index in [4.69, 9.17) is 0 Å². The fourth-order valence-corrected chi connectivity index (χ4v) is 1.78. The Morgan fingerprint density at radius 1 is 1.47 bits per heavy atom. The third-order valence-corrected chi connectivity index (χ3v) is 2.89. The number of rotatable bonds is 5. The van der Waals surface area contributed by atoms with Crippen LogP contribution in [0.1, 0.15) is 33.1 Å². The molecule has 1 heterocycles. The van der Waals surface area contributed by atoms with E-state index >= 15 is 0 Å². The van der Waals surface area contributed by atoms with E-state index in [1.165, 1.54) is 7.11 Å². The van der Waals surface area contributed by atoms with Crippen LogP contribution in [0.5, 0.6) is 0 Å². The summed E-state index contributed by atoms with van der Waals surface area (Å²) in [6.45, 7) is 3.36. The number of hydrogen-bond donors (Lipinski definition) is 1. The van der Waals surface area contributed by atoms with E-state index in [0.29, 0.717) is 6.42 Å². The molecule has 6 heteroatoms. The summed E-state index contributed by atoms with van der Waals surface area (Å²) in [5.41, 5.74) is -0.888. The number of esters is 1. The average Bonchev–Trinajstić information content (AvgIpc) is 2.50. The molecule has 0 aromatic rings. The molecule has 1 N–H and O–H groups in total. The normalized spacial score (nSPS) is 23.8. The van der Waals surface area contributed by atoms with Gasteiger partial charge >= 0.3 is 12.0 Å². The molecule has 1 atom stereocenters. The highest BCUT2D eigenvalue weighted by molar-refractivity contribution is 6.08. The fraction of sp³-hybridized carbons (Fsp3) is 0.727. The molecule has 1 saturated heterocycles. The lowest BCUT2D eigenvalue weighted by Gasteiger charge is -2.20. The summed E-state index contributed by atoms with van der Waals surface area (Å²) in [6.07, 6.45) is 2.36. The Balaban J connectivity index is 2.74. The standard InChI is InChI=1S/C11H18N2O4/c1-4-5-6-11(2)9(15)13(10(16)12-11)7-8(14)17-3/h4-7H2,1-3H3,(H,12,16). The van der Waals surface area contributed by atoms with E-state index in [1.807, 2.05) is 6.92 Å². The summed E-state index contributed by atoms with van der Waals surface area (Å²) in [7, 11) is 1.22. The van der Waals surface area contributed by atoms with Crippen molar-refractivity contribution < 1.29 is 19.1 Å². The number of carbonyl (C=O) groups is 3. The predicted molar refractivity (Wildman–Crippen MR) is 60.2 cm³/mol. The zero-order chi connectivity index (χ0) is 13.1. The van der Waals surface area contributed by atoms with Crippen LogP contribution in [0.2, 0.25) is 0 Å². The molecular formula is C11H18N2O4. The van der Waals surface area contributed by atoms with Crippen molar-refractivity contribution in [2.75, 3.05) is 13.7 Å². The molecule has 0 aliphatic carbocycles. The van der Waals surface area contributed by atoms with Crippen molar-refractivity contribution in [3.8, 4) is 0 Å². The van der Waals surface area contributed by atoms with Gasteiger partial charge in [-0.2, -0.15) is 0 Å². The van der Waals surface area contributed by atoms with Gasteiger partial charge in [0, 0.05) is 0 Å². The van der Waals surface area contributed by atoms with Gasteiger partial charge in [0.25, 0.3) is 5.91 Å². The maximum atomic E-state index is 12.0. The lowest BCUT2D eigenvalue weighted by atomic mass is 9.95. The molecule has 1 aliphatic heterocycles. The summed E-state index contributed by atoms with van der Waals surface area (Å²) < 4.78 is 4.45. The highest BCUT2D eigenvalue weighted by Gasteiger charge is 2.47. The largest absolute Gasteiger partial charge is 0.468 e. The van der Waals surface area contributed by atoms with Crippen LogP contribution in [0, 0.1) is 0 Å². The Kier molecular flexibility index (Phi) is 4.09. The van der Waals surface area contributed by atoms with Crippen molar-refractivity contribution in [2.24, 2.45) is 0 Å². The zero-order valence-electron chi connectivity index (χ0n) is 10.4. The average molecular weight is 242 g/mol. The maximum absolute atomic E-state index is 12.0. The first-order valence-electron chi connectivity index (χ1n) is 5.65. The van der Waals surface area contributed by atoms with Gasteiger partial charge in [-0.1, -0.05) is 19.8 Å². The molecule has 1 aliphatic rings. The van der Waals surface area contributed by atoms with Crippen molar-refractivity contribution in [3.05, 3.63) is 0 Å². The Bertz CT molecular complexity index is 342.